The van der Waals surface area contributed by atoms with Crippen LogP contribution in [0.5, 0.6) is 5.75 Å². The minimum Gasteiger partial charge on any atom is -0.474 e. The van der Waals surface area contributed by atoms with E-state index in [1.165, 1.54) is 12.7 Å². The Kier molecular flexibility index (Phi) is 6.66. The van der Waals surface area contributed by atoms with Crippen LogP contribution in [0.25, 0.3) is 0 Å². The van der Waals surface area contributed by atoms with Crippen LogP contribution in [0.1, 0.15) is 36.1 Å². The van der Waals surface area contributed by atoms with E-state index in [2.05, 4.69) is 28.9 Å². The number of ether oxygens (including phenoxy) is 2. The highest BCUT2D eigenvalue weighted by molar-refractivity contribution is 9.08. The van der Waals surface area contributed by atoms with Gasteiger partial charge in [-0.25, -0.2) is 4.79 Å². The first-order chi connectivity index (χ1) is 11.2. The number of hydrogen-bond donors (Lipinski definition) is 0. The lowest BCUT2D eigenvalue weighted by molar-refractivity contribution is -0.149. The third kappa shape index (κ3) is 4.58. The Morgan fingerprint density at radius 3 is 2.52 bits per heavy atom. The molecule has 0 bridgehead atoms. The fourth-order valence-corrected chi connectivity index (χ4v) is 2.76. The van der Waals surface area contributed by atoms with Crippen LogP contribution in [-0.4, -0.2) is 13.1 Å². The molecule has 1 atom stereocenters. The van der Waals surface area contributed by atoms with Gasteiger partial charge in [0.15, 0.2) is 0 Å². The monoisotopic (exact) mass is 376 g/mol. The van der Waals surface area contributed by atoms with E-state index in [0.717, 1.165) is 35.0 Å². The van der Waals surface area contributed by atoms with Crippen molar-refractivity contribution in [3.05, 3.63) is 65.2 Å². The second kappa shape index (κ2) is 8.73. The number of alkyl halides is 1. The van der Waals surface area contributed by atoms with Gasteiger partial charge >= 0.3 is 5.97 Å². The third-order valence-corrected chi connectivity index (χ3v) is 4.21. The smallest absolute Gasteiger partial charge is 0.351 e. The van der Waals surface area contributed by atoms with Gasteiger partial charge in [0.1, 0.15) is 5.75 Å². The van der Waals surface area contributed by atoms with Crippen molar-refractivity contribution >= 4 is 21.9 Å². The summed E-state index contributed by atoms with van der Waals surface area (Å²) in [5.74, 6) is 0.332. The van der Waals surface area contributed by atoms with Gasteiger partial charge in [0.05, 0.1) is 7.11 Å². The van der Waals surface area contributed by atoms with Crippen molar-refractivity contribution in [2.24, 2.45) is 0 Å². The summed E-state index contributed by atoms with van der Waals surface area (Å²) in [5, 5.41) is 0.795. The number of hydrogen-bond acceptors (Lipinski definition) is 3. The van der Waals surface area contributed by atoms with Crippen LogP contribution in [-0.2, 0) is 21.3 Å². The summed E-state index contributed by atoms with van der Waals surface area (Å²) >= 11 is 3.47. The quantitative estimate of drug-likeness (QED) is 0.512. The zero-order chi connectivity index (χ0) is 16.7. The van der Waals surface area contributed by atoms with Crippen molar-refractivity contribution in [1.82, 2.24) is 0 Å². The number of rotatable bonds is 7. The molecule has 0 saturated heterocycles. The average Bonchev–Trinajstić information content (AvgIpc) is 2.61. The van der Waals surface area contributed by atoms with E-state index in [9.17, 15) is 4.79 Å². The fourth-order valence-electron chi connectivity index (χ4n) is 2.41. The van der Waals surface area contributed by atoms with E-state index in [0.29, 0.717) is 0 Å². The molecule has 0 aliphatic carbocycles. The Bertz CT molecular complexity index is 640. The van der Waals surface area contributed by atoms with Crippen LogP contribution in [0, 0.1) is 0 Å². The molecule has 3 nitrogen and oxygen atoms in total. The third-order valence-electron chi connectivity index (χ3n) is 3.56. The molecule has 122 valence electrons. The van der Waals surface area contributed by atoms with Crippen LogP contribution >= 0.6 is 15.9 Å². The van der Waals surface area contributed by atoms with Crippen LogP contribution in [0.4, 0.5) is 0 Å². The predicted octanol–water partition coefficient (Wildman–Crippen LogP) is 4.83. The highest BCUT2D eigenvalue weighted by atomic mass is 79.9. The maximum Gasteiger partial charge on any atom is 0.351 e. The number of halogens is 1. The normalized spacial score (nSPS) is 11.8. The van der Waals surface area contributed by atoms with Crippen molar-refractivity contribution < 1.29 is 14.3 Å². The van der Waals surface area contributed by atoms with Gasteiger partial charge in [0, 0.05) is 10.9 Å². The maximum absolute atomic E-state index is 12.2. The molecule has 4 heteroatoms. The van der Waals surface area contributed by atoms with Crippen molar-refractivity contribution in [1.29, 1.82) is 0 Å². The molecule has 0 heterocycles. The van der Waals surface area contributed by atoms with Crippen molar-refractivity contribution in [2.45, 2.75) is 31.2 Å². The maximum atomic E-state index is 12.2. The van der Waals surface area contributed by atoms with Gasteiger partial charge in [-0.05, 0) is 23.6 Å². The predicted molar refractivity (Wildman–Crippen MR) is 94.9 cm³/mol. The van der Waals surface area contributed by atoms with E-state index >= 15 is 0 Å². The molecular weight excluding hydrogens is 356 g/mol. The summed E-state index contributed by atoms with van der Waals surface area (Å²) < 4.78 is 11.0. The number of carbonyl (C=O) groups is 1. The number of esters is 1. The number of methoxy groups -OCH3 is 1. The van der Waals surface area contributed by atoms with Gasteiger partial charge in [-0.15, -0.1) is 0 Å². The first-order valence-electron chi connectivity index (χ1n) is 7.66. The van der Waals surface area contributed by atoms with Crippen LogP contribution < -0.4 is 4.74 Å². The second-order valence-corrected chi connectivity index (χ2v) is 5.82. The van der Waals surface area contributed by atoms with Crippen LogP contribution in [0.3, 0.4) is 0 Å². The summed E-state index contributed by atoms with van der Waals surface area (Å²) in [6, 6.07) is 15.5. The van der Waals surface area contributed by atoms with Crippen molar-refractivity contribution in [2.75, 3.05) is 7.11 Å². The molecule has 0 amide bonds. The van der Waals surface area contributed by atoms with Gasteiger partial charge in [-0.1, -0.05) is 71.7 Å². The Balaban J connectivity index is 2.34. The molecule has 0 spiro atoms. The molecule has 0 aromatic heterocycles. The molecule has 1 unspecified atom stereocenters. The number of benzene rings is 2. The average molecular weight is 377 g/mol. The van der Waals surface area contributed by atoms with E-state index in [1.807, 2.05) is 42.5 Å². The molecule has 0 fully saturated rings. The van der Waals surface area contributed by atoms with Crippen LogP contribution in [0.2, 0.25) is 0 Å². The number of carbonyl (C=O) groups excluding carboxylic acids is 1. The molecule has 0 radical (unpaired) electrons. The topological polar surface area (TPSA) is 35.5 Å². The Labute approximate surface area is 145 Å². The van der Waals surface area contributed by atoms with E-state index in [4.69, 9.17) is 9.47 Å². The lowest BCUT2D eigenvalue weighted by atomic mass is 10.1. The van der Waals surface area contributed by atoms with Gasteiger partial charge < -0.3 is 9.47 Å². The lowest BCUT2D eigenvalue weighted by Gasteiger charge is -2.20. The summed E-state index contributed by atoms with van der Waals surface area (Å²) in [4.78, 5) is 12.2. The minimum atomic E-state index is -0.758. The Morgan fingerprint density at radius 2 is 1.91 bits per heavy atom. The lowest BCUT2D eigenvalue weighted by Crippen LogP contribution is -2.20. The SMILES string of the molecule is CCCc1cc(CBr)ccc1OC(C(=O)OC)c1ccccc1. The van der Waals surface area contributed by atoms with Gasteiger partial charge in [-0.3, -0.25) is 0 Å². The fraction of sp³-hybridized carbons (Fsp3) is 0.316. The molecular formula is C19H21BrO3. The van der Waals surface area contributed by atoms with E-state index < -0.39 is 12.1 Å². The Morgan fingerprint density at radius 1 is 1.17 bits per heavy atom. The number of aryl methyl sites for hydroxylation is 1. The molecule has 2 aromatic carbocycles. The van der Waals surface area contributed by atoms with Gasteiger partial charge in [0.25, 0.3) is 0 Å². The Hall–Kier alpha value is -1.81. The highest BCUT2D eigenvalue weighted by Crippen LogP contribution is 2.29. The molecule has 2 rings (SSSR count). The second-order valence-electron chi connectivity index (χ2n) is 5.26. The highest BCUT2D eigenvalue weighted by Gasteiger charge is 2.24. The zero-order valence-electron chi connectivity index (χ0n) is 13.4. The summed E-state index contributed by atoms with van der Waals surface area (Å²) in [6.07, 6.45) is 1.15. The minimum absolute atomic E-state index is 0.400. The molecule has 0 N–H and O–H groups in total. The van der Waals surface area contributed by atoms with Crippen LogP contribution in [0.15, 0.2) is 48.5 Å². The molecule has 2 aromatic rings. The molecule has 23 heavy (non-hydrogen) atoms. The molecule has 0 aliphatic heterocycles. The summed E-state index contributed by atoms with van der Waals surface area (Å²) in [7, 11) is 1.38. The molecule has 0 aliphatic rings. The zero-order valence-corrected chi connectivity index (χ0v) is 15.0. The van der Waals surface area contributed by atoms with Crippen molar-refractivity contribution in [3.8, 4) is 5.75 Å². The summed E-state index contributed by atoms with van der Waals surface area (Å²) in [6.45, 7) is 2.12. The van der Waals surface area contributed by atoms with Crippen molar-refractivity contribution in [3.63, 3.8) is 0 Å². The molecule has 0 saturated carbocycles. The van der Waals surface area contributed by atoms with E-state index in [-0.39, 0.29) is 0 Å². The largest absolute Gasteiger partial charge is 0.474 e. The van der Waals surface area contributed by atoms with Gasteiger partial charge in [0.2, 0.25) is 6.10 Å². The van der Waals surface area contributed by atoms with E-state index in [1.54, 1.807) is 0 Å². The van der Waals surface area contributed by atoms with Gasteiger partial charge in [-0.2, -0.15) is 0 Å². The standard InChI is InChI=1S/C19H21BrO3/c1-3-7-16-12-14(13-20)10-11-17(16)23-18(19(21)22-2)15-8-5-4-6-9-15/h4-6,8-12,18H,3,7,13H2,1-2H3. The first-order valence-corrected chi connectivity index (χ1v) is 8.79. The summed E-state index contributed by atoms with van der Waals surface area (Å²) in [5.41, 5.74) is 3.08. The first kappa shape index (κ1) is 17.5.